The summed E-state index contributed by atoms with van der Waals surface area (Å²) in [6, 6.07) is 7.48. The van der Waals surface area contributed by atoms with Gasteiger partial charge in [-0.25, -0.2) is 14.7 Å². The highest BCUT2D eigenvalue weighted by Crippen LogP contribution is 2.30. The van der Waals surface area contributed by atoms with Crippen LogP contribution in [0.1, 0.15) is 17.6 Å². The Morgan fingerprint density at radius 1 is 1.37 bits per heavy atom. The van der Waals surface area contributed by atoms with E-state index < -0.39 is 18.0 Å². The van der Waals surface area contributed by atoms with E-state index in [-0.39, 0.29) is 12.4 Å². The van der Waals surface area contributed by atoms with E-state index in [1.807, 2.05) is 31.2 Å². The fourth-order valence-electron chi connectivity index (χ4n) is 2.03. The zero-order valence-corrected chi connectivity index (χ0v) is 10.1. The lowest BCUT2D eigenvalue weighted by Gasteiger charge is -2.14. The molecule has 1 fully saturated rings. The van der Waals surface area contributed by atoms with E-state index in [9.17, 15) is 9.59 Å². The Hall–Kier alpha value is -2.57. The molecule has 1 amide bonds. The van der Waals surface area contributed by atoms with Gasteiger partial charge < -0.3 is 9.15 Å². The van der Waals surface area contributed by atoms with E-state index in [0.717, 1.165) is 11.3 Å². The summed E-state index contributed by atoms with van der Waals surface area (Å²) in [5, 5.41) is 5.82. The molecular formula is C12H11N3O4. The Morgan fingerprint density at radius 3 is 2.84 bits per heavy atom. The summed E-state index contributed by atoms with van der Waals surface area (Å²) < 4.78 is 9.96. The number of hydrogen-bond acceptors (Lipinski definition) is 5. The number of amides is 1. The summed E-state index contributed by atoms with van der Waals surface area (Å²) in [4.78, 5) is 24.3. The highest BCUT2D eigenvalue weighted by atomic mass is 16.6. The molecule has 1 unspecified atom stereocenters. The van der Waals surface area contributed by atoms with Crippen molar-refractivity contribution in [3.05, 3.63) is 46.3 Å². The van der Waals surface area contributed by atoms with Crippen molar-refractivity contribution in [2.75, 3.05) is 11.4 Å². The number of H-pyrrole nitrogens is 1. The quantitative estimate of drug-likeness (QED) is 0.881. The second-order valence-electron chi connectivity index (χ2n) is 4.22. The number of ether oxygens (including phenoxy) is 1. The average molecular weight is 261 g/mol. The number of nitrogens with zero attached hydrogens (tertiary/aromatic N) is 2. The second kappa shape index (κ2) is 4.27. The van der Waals surface area contributed by atoms with Crippen LogP contribution in [0.25, 0.3) is 0 Å². The predicted octanol–water partition coefficient (Wildman–Crippen LogP) is 1.37. The number of cyclic esters (lactones) is 1. The topological polar surface area (TPSA) is 88.4 Å². The molecule has 1 N–H and O–H groups in total. The molecule has 0 aliphatic carbocycles. The maximum Gasteiger partial charge on any atom is 0.434 e. The van der Waals surface area contributed by atoms with E-state index in [2.05, 4.69) is 10.2 Å². The number of nitrogens with one attached hydrogen (secondary N) is 1. The average Bonchev–Trinajstić information content (AvgIpc) is 2.96. The van der Waals surface area contributed by atoms with Crippen molar-refractivity contribution >= 4 is 11.8 Å². The van der Waals surface area contributed by atoms with E-state index in [1.165, 1.54) is 4.90 Å². The molecule has 0 saturated carbocycles. The van der Waals surface area contributed by atoms with E-state index in [1.54, 1.807) is 0 Å². The number of carbonyl (C=O) groups excluding carboxylic acids is 1. The van der Waals surface area contributed by atoms with Crippen LogP contribution in [0.15, 0.2) is 33.5 Å². The molecule has 7 heteroatoms. The van der Waals surface area contributed by atoms with Gasteiger partial charge in [-0.15, -0.1) is 5.10 Å². The van der Waals surface area contributed by atoms with E-state index in [0.29, 0.717) is 0 Å². The van der Waals surface area contributed by atoms with Crippen molar-refractivity contribution < 1.29 is 13.9 Å². The monoisotopic (exact) mass is 261 g/mol. The Bertz CT molecular complexity index is 675. The normalized spacial score (nSPS) is 18.7. The minimum absolute atomic E-state index is 0.0782. The summed E-state index contributed by atoms with van der Waals surface area (Å²) in [5.74, 6) is -0.588. The zero-order chi connectivity index (χ0) is 13.4. The lowest BCUT2D eigenvalue weighted by atomic mass is 10.2. The maximum absolute atomic E-state index is 11.9. The predicted molar refractivity (Wildman–Crippen MR) is 64.9 cm³/mol. The van der Waals surface area contributed by atoms with Crippen LogP contribution in [-0.4, -0.2) is 22.8 Å². The van der Waals surface area contributed by atoms with Crippen molar-refractivity contribution in [1.82, 2.24) is 10.2 Å². The van der Waals surface area contributed by atoms with Gasteiger partial charge >= 0.3 is 11.8 Å². The minimum Gasteiger partial charge on any atom is -0.434 e. The first-order valence-corrected chi connectivity index (χ1v) is 5.74. The molecule has 2 aromatic rings. The van der Waals surface area contributed by atoms with Gasteiger partial charge in [0.05, 0.1) is 12.2 Å². The molecule has 7 nitrogen and oxygen atoms in total. The maximum atomic E-state index is 11.9. The third-order valence-electron chi connectivity index (χ3n) is 2.95. The number of hydrogen-bond donors (Lipinski definition) is 1. The first kappa shape index (κ1) is 11.5. The fraction of sp³-hybridized carbons (Fsp3) is 0.250. The Kier molecular flexibility index (Phi) is 2.59. The Morgan fingerprint density at radius 2 is 2.16 bits per heavy atom. The third kappa shape index (κ3) is 1.99. The summed E-state index contributed by atoms with van der Waals surface area (Å²) >= 11 is 0. The molecule has 0 bridgehead atoms. The molecule has 98 valence electrons. The summed E-state index contributed by atoms with van der Waals surface area (Å²) in [6.07, 6.45) is -1.16. The third-order valence-corrected chi connectivity index (χ3v) is 2.95. The smallest absolute Gasteiger partial charge is 0.434 e. The molecule has 0 spiro atoms. The van der Waals surface area contributed by atoms with E-state index >= 15 is 0 Å². The van der Waals surface area contributed by atoms with Crippen LogP contribution in [-0.2, 0) is 4.74 Å². The first-order chi connectivity index (χ1) is 9.15. The summed E-state index contributed by atoms with van der Waals surface area (Å²) in [5.41, 5.74) is 1.73. The Balaban J connectivity index is 1.88. The van der Waals surface area contributed by atoms with Gasteiger partial charge in [0, 0.05) is 0 Å². The number of aromatic amines is 1. The number of anilines is 1. The number of rotatable bonds is 2. The van der Waals surface area contributed by atoms with Crippen molar-refractivity contribution in [3.63, 3.8) is 0 Å². The number of aromatic nitrogens is 2. The van der Waals surface area contributed by atoms with Crippen molar-refractivity contribution in [2.45, 2.75) is 13.0 Å². The molecule has 3 rings (SSSR count). The van der Waals surface area contributed by atoms with Crippen LogP contribution in [0.5, 0.6) is 0 Å². The molecule has 0 radical (unpaired) electrons. The molecule has 1 aliphatic heterocycles. The molecule has 1 atom stereocenters. The number of benzene rings is 1. The van der Waals surface area contributed by atoms with Crippen LogP contribution in [0.3, 0.4) is 0 Å². The minimum atomic E-state index is -0.675. The van der Waals surface area contributed by atoms with Crippen molar-refractivity contribution in [1.29, 1.82) is 0 Å². The highest BCUT2D eigenvalue weighted by Gasteiger charge is 2.36. The largest absolute Gasteiger partial charge is 0.434 e. The van der Waals surface area contributed by atoms with Gasteiger partial charge in [0.1, 0.15) is 0 Å². The lowest BCUT2D eigenvalue weighted by Crippen LogP contribution is -2.24. The SMILES string of the molecule is Cc1ccccc1N1CC(c2n[nH]c(=O)o2)OC1=O. The number of aryl methyl sites for hydroxylation is 1. The molecule has 19 heavy (non-hydrogen) atoms. The summed E-state index contributed by atoms with van der Waals surface area (Å²) in [7, 11) is 0. The van der Waals surface area contributed by atoms with Gasteiger partial charge in [-0.2, -0.15) is 0 Å². The highest BCUT2D eigenvalue weighted by molar-refractivity contribution is 5.90. The van der Waals surface area contributed by atoms with Gasteiger partial charge in [-0.3, -0.25) is 4.90 Å². The Labute approximate surface area is 107 Å². The van der Waals surface area contributed by atoms with Gasteiger partial charge in [-0.1, -0.05) is 18.2 Å². The molecule has 1 aromatic carbocycles. The molecular weight excluding hydrogens is 250 g/mol. The van der Waals surface area contributed by atoms with Crippen LogP contribution in [0.4, 0.5) is 10.5 Å². The molecule has 1 aliphatic rings. The van der Waals surface area contributed by atoms with Crippen molar-refractivity contribution in [2.24, 2.45) is 0 Å². The standard InChI is InChI=1S/C12H11N3O4/c1-7-4-2-3-5-8(7)15-6-9(18-12(15)17)10-13-14-11(16)19-10/h2-5,9H,6H2,1H3,(H,14,16). The van der Waals surface area contributed by atoms with Gasteiger partial charge in [-0.05, 0) is 18.6 Å². The van der Waals surface area contributed by atoms with Crippen LogP contribution >= 0.6 is 0 Å². The zero-order valence-electron chi connectivity index (χ0n) is 10.1. The molecule has 1 saturated heterocycles. The molecule has 2 heterocycles. The van der Waals surface area contributed by atoms with Gasteiger partial charge in [0.15, 0.2) is 6.10 Å². The lowest BCUT2D eigenvalue weighted by molar-refractivity contribution is 0.125. The van der Waals surface area contributed by atoms with E-state index in [4.69, 9.17) is 9.15 Å². The fourth-order valence-corrected chi connectivity index (χ4v) is 2.03. The van der Waals surface area contributed by atoms with Crippen LogP contribution < -0.4 is 10.7 Å². The second-order valence-corrected chi connectivity index (χ2v) is 4.22. The molecule has 1 aromatic heterocycles. The summed E-state index contributed by atoms with van der Waals surface area (Å²) in [6.45, 7) is 2.17. The van der Waals surface area contributed by atoms with Crippen LogP contribution in [0.2, 0.25) is 0 Å². The van der Waals surface area contributed by atoms with Crippen molar-refractivity contribution in [3.8, 4) is 0 Å². The number of carbonyl (C=O) groups is 1. The van der Waals surface area contributed by atoms with Gasteiger partial charge in [0.25, 0.3) is 5.89 Å². The number of para-hydroxylation sites is 1. The first-order valence-electron chi connectivity index (χ1n) is 5.74. The van der Waals surface area contributed by atoms with Gasteiger partial charge in [0.2, 0.25) is 0 Å². The van der Waals surface area contributed by atoms with Crippen LogP contribution in [0, 0.1) is 6.92 Å².